The van der Waals surface area contributed by atoms with Gasteiger partial charge in [0.2, 0.25) is 0 Å². The van der Waals surface area contributed by atoms with Crippen LogP contribution in [0.25, 0.3) is 22.2 Å². The van der Waals surface area contributed by atoms with Crippen molar-refractivity contribution in [3.8, 4) is 11.3 Å². The Hall–Kier alpha value is -2.18. The lowest BCUT2D eigenvalue weighted by Gasteiger charge is -2.22. The summed E-state index contributed by atoms with van der Waals surface area (Å²) in [5, 5.41) is 9.29. The normalized spacial score (nSPS) is 26.0. The van der Waals surface area contributed by atoms with Crippen LogP contribution in [0.2, 0.25) is 0 Å². The summed E-state index contributed by atoms with van der Waals surface area (Å²) in [6.45, 7) is 5.25. The molecule has 5 heterocycles. The third-order valence-corrected chi connectivity index (χ3v) is 5.90. The molecule has 0 spiro atoms. The maximum Gasteiger partial charge on any atom is 0.150 e. The molecule has 0 radical (unpaired) electrons. The fourth-order valence-electron chi connectivity index (χ4n) is 4.42. The average molecular weight is 365 g/mol. The van der Waals surface area contributed by atoms with E-state index in [1.165, 1.54) is 23.7 Å². The molecule has 0 aliphatic carbocycles. The van der Waals surface area contributed by atoms with Gasteiger partial charge in [-0.05, 0) is 57.2 Å². The van der Waals surface area contributed by atoms with Gasteiger partial charge in [-0.15, -0.1) is 0 Å². The number of rotatable bonds is 4. The Morgan fingerprint density at radius 1 is 1.30 bits per heavy atom. The standard InChI is InChI=1S/C21H27N5O/c1-15-8-16(10-22-15)13-25-6-5-17-9-19(23-12-20(17)25)18-11-24-26(14-18)21-4-2-3-7-27-21/h5-6,9,11-12,14-16,21-22H,2-4,7-8,10,13H2,1H3/t15-,16+,21?/m1/s1. The number of pyridine rings is 1. The molecule has 2 aliphatic rings. The molecule has 1 N–H and O–H groups in total. The third-order valence-electron chi connectivity index (χ3n) is 5.90. The zero-order valence-electron chi connectivity index (χ0n) is 15.8. The highest BCUT2D eigenvalue weighted by molar-refractivity contribution is 5.83. The van der Waals surface area contributed by atoms with E-state index in [4.69, 9.17) is 9.72 Å². The molecule has 2 saturated heterocycles. The highest BCUT2D eigenvalue weighted by atomic mass is 16.5. The minimum absolute atomic E-state index is 0.0692. The Kier molecular flexibility index (Phi) is 4.45. The predicted molar refractivity (Wildman–Crippen MR) is 105 cm³/mol. The number of ether oxygens (including phenoxy) is 1. The Bertz CT molecular complexity index is 924. The van der Waals surface area contributed by atoms with Gasteiger partial charge in [0.25, 0.3) is 0 Å². The topological polar surface area (TPSA) is 56.9 Å². The molecule has 2 aliphatic heterocycles. The van der Waals surface area contributed by atoms with Crippen LogP contribution in [0.5, 0.6) is 0 Å². The summed E-state index contributed by atoms with van der Waals surface area (Å²) in [5.41, 5.74) is 3.23. The summed E-state index contributed by atoms with van der Waals surface area (Å²) in [6.07, 6.45) is 12.9. The molecular weight excluding hydrogens is 338 g/mol. The van der Waals surface area contributed by atoms with Gasteiger partial charge in [0.1, 0.15) is 6.23 Å². The van der Waals surface area contributed by atoms with Crippen molar-refractivity contribution < 1.29 is 4.74 Å². The summed E-state index contributed by atoms with van der Waals surface area (Å²) in [4.78, 5) is 4.73. The number of hydrogen-bond donors (Lipinski definition) is 1. The molecule has 5 rings (SSSR count). The average Bonchev–Trinajstić information content (AvgIpc) is 3.43. The van der Waals surface area contributed by atoms with Crippen LogP contribution in [-0.4, -0.2) is 38.5 Å². The molecule has 0 saturated carbocycles. The zero-order chi connectivity index (χ0) is 18.2. The Balaban J connectivity index is 1.36. The maximum absolute atomic E-state index is 5.83. The van der Waals surface area contributed by atoms with E-state index in [9.17, 15) is 0 Å². The molecule has 0 aromatic carbocycles. The van der Waals surface area contributed by atoms with Crippen molar-refractivity contribution >= 4 is 10.9 Å². The van der Waals surface area contributed by atoms with E-state index >= 15 is 0 Å². The first-order valence-corrected chi connectivity index (χ1v) is 10.1. The largest absolute Gasteiger partial charge is 0.357 e. The van der Waals surface area contributed by atoms with Crippen LogP contribution in [-0.2, 0) is 11.3 Å². The van der Waals surface area contributed by atoms with Crippen LogP contribution in [0.4, 0.5) is 0 Å². The van der Waals surface area contributed by atoms with E-state index in [0.717, 1.165) is 43.8 Å². The molecule has 3 aromatic rings. The van der Waals surface area contributed by atoms with Crippen LogP contribution in [0.3, 0.4) is 0 Å². The summed E-state index contributed by atoms with van der Waals surface area (Å²) < 4.78 is 10.1. The van der Waals surface area contributed by atoms with Gasteiger partial charge in [-0.3, -0.25) is 4.98 Å². The Morgan fingerprint density at radius 2 is 2.26 bits per heavy atom. The summed E-state index contributed by atoms with van der Waals surface area (Å²) in [7, 11) is 0. The Labute approximate surface area is 159 Å². The number of aromatic nitrogens is 4. The zero-order valence-corrected chi connectivity index (χ0v) is 15.8. The van der Waals surface area contributed by atoms with Crippen LogP contribution >= 0.6 is 0 Å². The van der Waals surface area contributed by atoms with Gasteiger partial charge in [0.15, 0.2) is 0 Å². The lowest BCUT2D eigenvalue weighted by molar-refractivity contribution is -0.0394. The third kappa shape index (κ3) is 3.39. The molecule has 0 bridgehead atoms. The van der Waals surface area contributed by atoms with Gasteiger partial charge < -0.3 is 14.6 Å². The van der Waals surface area contributed by atoms with E-state index in [2.05, 4.69) is 46.4 Å². The fraction of sp³-hybridized carbons (Fsp3) is 0.524. The van der Waals surface area contributed by atoms with Crippen molar-refractivity contribution in [3.63, 3.8) is 0 Å². The lowest BCUT2D eigenvalue weighted by Crippen LogP contribution is -2.18. The first-order chi connectivity index (χ1) is 13.3. The molecule has 3 atom stereocenters. The summed E-state index contributed by atoms with van der Waals surface area (Å²) >= 11 is 0. The van der Waals surface area contributed by atoms with E-state index in [1.54, 1.807) is 0 Å². The molecule has 6 nitrogen and oxygen atoms in total. The number of hydrogen-bond acceptors (Lipinski definition) is 4. The molecule has 1 unspecified atom stereocenters. The number of nitrogens with one attached hydrogen (secondary N) is 1. The van der Waals surface area contributed by atoms with Gasteiger partial charge in [0, 0.05) is 42.5 Å². The second kappa shape index (κ2) is 7.09. The second-order valence-corrected chi connectivity index (χ2v) is 8.04. The van der Waals surface area contributed by atoms with Crippen molar-refractivity contribution in [2.45, 2.75) is 51.4 Å². The first-order valence-electron chi connectivity index (χ1n) is 10.1. The van der Waals surface area contributed by atoms with Gasteiger partial charge in [-0.25, -0.2) is 4.68 Å². The summed E-state index contributed by atoms with van der Waals surface area (Å²) in [5.74, 6) is 0.698. The smallest absolute Gasteiger partial charge is 0.150 e. The molecule has 27 heavy (non-hydrogen) atoms. The monoisotopic (exact) mass is 365 g/mol. The van der Waals surface area contributed by atoms with Crippen LogP contribution < -0.4 is 5.32 Å². The SMILES string of the molecule is C[C@@H]1C[C@H](Cn2ccc3cc(-c4cnn(C5CCCCO5)c4)ncc32)CN1. The van der Waals surface area contributed by atoms with E-state index in [0.29, 0.717) is 12.0 Å². The van der Waals surface area contributed by atoms with E-state index in [-0.39, 0.29) is 6.23 Å². The van der Waals surface area contributed by atoms with Gasteiger partial charge in [-0.2, -0.15) is 5.10 Å². The molecule has 3 aromatic heterocycles. The van der Waals surface area contributed by atoms with Crippen molar-refractivity contribution in [2.24, 2.45) is 5.92 Å². The van der Waals surface area contributed by atoms with Crippen molar-refractivity contribution in [1.82, 2.24) is 24.6 Å². The van der Waals surface area contributed by atoms with E-state index in [1.807, 2.05) is 17.1 Å². The second-order valence-electron chi connectivity index (χ2n) is 8.04. The van der Waals surface area contributed by atoms with Gasteiger partial charge in [0.05, 0.1) is 23.6 Å². The minimum atomic E-state index is 0.0692. The highest BCUT2D eigenvalue weighted by Gasteiger charge is 2.21. The maximum atomic E-state index is 5.83. The van der Waals surface area contributed by atoms with Crippen molar-refractivity contribution in [1.29, 1.82) is 0 Å². The molecule has 6 heteroatoms. The minimum Gasteiger partial charge on any atom is -0.357 e. The van der Waals surface area contributed by atoms with Crippen LogP contribution in [0.15, 0.2) is 36.9 Å². The fourth-order valence-corrected chi connectivity index (χ4v) is 4.42. The van der Waals surface area contributed by atoms with Gasteiger partial charge >= 0.3 is 0 Å². The quantitative estimate of drug-likeness (QED) is 0.768. The van der Waals surface area contributed by atoms with E-state index < -0.39 is 0 Å². The highest BCUT2D eigenvalue weighted by Crippen LogP contribution is 2.27. The molecule has 142 valence electrons. The number of nitrogens with zero attached hydrogens (tertiary/aromatic N) is 4. The predicted octanol–water partition coefficient (Wildman–Crippen LogP) is 3.60. The van der Waals surface area contributed by atoms with Crippen LogP contribution in [0.1, 0.15) is 38.8 Å². The summed E-state index contributed by atoms with van der Waals surface area (Å²) in [6, 6.07) is 5.00. The first kappa shape index (κ1) is 17.0. The molecular formula is C21H27N5O. The van der Waals surface area contributed by atoms with Crippen molar-refractivity contribution in [2.75, 3.05) is 13.2 Å². The number of fused-ring (bicyclic) bond motifs is 1. The Morgan fingerprint density at radius 3 is 3.07 bits per heavy atom. The van der Waals surface area contributed by atoms with Gasteiger partial charge in [-0.1, -0.05) is 0 Å². The van der Waals surface area contributed by atoms with Crippen LogP contribution in [0, 0.1) is 5.92 Å². The molecule has 2 fully saturated rings. The molecule has 0 amide bonds. The van der Waals surface area contributed by atoms with Crippen molar-refractivity contribution in [3.05, 3.63) is 36.9 Å². The lowest BCUT2D eigenvalue weighted by atomic mass is 10.1.